The average molecular weight is 418 g/mol. The maximum atomic E-state index is 6.47. The smallest absolute Gasteiger partial charge is 0.127 e. The van der Waals surface area contributed by atoms with E-state index >= 15 is 0 Å². The van der Waals surface area contributed by atoms with Crippen molar-refractivity contribution in [2.75, 3.05) is 12.3 Å². The molecule has 0 amide bonds. The van der Waals surface area contributed by atoms with E-state index in [1.165, 1.54) is 5.56 Å². The van der Waals surface area contributed by atoms with E-state index in [-0.39, 0.29) is 11.5 Å². The minimum Gasteiger partial charge on any atom is -0.493 e. The summed E-state index contributed by atoms with van der Waals surface area (Å²) >= 11 is 0. The Hall–Kier alpha value is -3.14. The zero-order chi connectivity index (χ0) is 22.2. The fourth-order valence-electron chi connectivity index (χ4n) is 4.32. The predicted molar refractivity (Wildman–Crippen MR) is 125 cm³/mol. The first-order valence-electron chi connectivity index (χ1n) is 10.8. The Labute approximate surface area is 185 Å². The van der Waals surface area contributed by atoms with Gasteiger partial charge in [-0.15, -0.1) is 0 Å². The van der Waals surface area contributed by atoms with Crippen LogP contribution in [0.15, 0.2) is 54.6 Å². The molecular formula is C27H31NO3. The van der Waals surface area contributed by atoms with Crippen molar-refractivity contribution < 1.29 is 14.2 Å². The van der Waals surface area contributed by atoms with Crippen LogP contribution < -0.4 is 19.9 Å². The van der Waals surface area contributed by atoms with E-state index in [0.717, 1.165) is 45.2 Å². The Morgan fingerprint density at radius 1 is 0.871 bits per heavy atom. The molecule has 4 rings (SSSR count). The van der Waals surface area contributed by atoms with Crippen LogP contribution in [0.3, 0.4) is 0 Å². The number of hydrogen-bond donors (Lipinski definition) is 1. The lowest BCUT2D eigenvalue weighted by atomic mass is 9.83. The molecule has 4 nitrogen and oxygen atoms in total. The average Bonchev–Trinajstić information content (AvgIpc) is 3.03. The van der Waals surface area contributed by atoms with Gasteiger partial charge in [-0.1, -0.05) is 30.3 Å². The summed E-state index contributed by atoms with van der Waals surface area (Å²) in [5, 5.41) is 0. The number of ether oxygens (including phenoxy) is 3. The van der Waals surface area contributed by atoms with Gasteiger partial charge in [0, 0.05) is 11.3 Å². The van der Waals surface area contributed by atoms with Crippen LogP contribution in [0.25, 0.3) is 0 Å². The summed E-state index contributed by atoms with van der Waals surface area (Å²) < 4.78 is 19.0. The van der Waals surface area contributed by atoms with Gasteiger partial charge in [-0.25, -0.2) is 0 Å². The van der Waals surface area contributed by atoms with E-state index in [9.17, 15) is 0 Å². The molecule has 0 saturated heterocycles. The number of nitrogens with two attached hydrogens (primary N) is 1. The molecule has 3 aromatic rings. The Bertz CT molecular complexity index is 1070. The summed E-state index contributed by atoms with van der Waals surface area (Å²) in [6.07, 6.45) is 0. The van der Waals surface area contributed by atoms with Gasteiger partial charge in [0.2, 0.25) is 0 Å². The molecule has 2 N–H and O–H groups in total. The molecule has 0 radical (unpaired) electrons. The molecule has 1 atom stereocenters. The maximum absolute atomic E-state index is 6.47. The largest absolute Gasteiger partial charge is 0.493 e. The molecule has 1 unspecified atom stereocenters. The second-order valence-corrected chi connectivity index (χ2v) is 8.86. The molecule has 31 heavy (non-hydrogen) atoms. The van der Waals surface area contributed by atoms with Crippen molar-refractivity contribution in [3.8, 4) is 17.2 Å². The zero-order valence-corrected chi connectivity index (χ0v) is 19.0. The molecule has 0 aliphatic carbocycles. The first-order valence-corrected chi connectivity index (χ1v) is 10.8. The van der Waals surface area contributed by atoms with Gasteiger partial charge < -0.3 is 19.9 Å². The van der Waals surface area contributed by atoms with Crippen molar-refractivity contribution in [1.82, 2.24) is 0 Å². The van der Waals surface area contributed by atoms with E-state index in [4.69, 9.17) is 19.9 Å². The van der Waals surface area contributed by atoms with Crippen LogP contribution in [0.2, 0.25) is 0 Å². The van der Waals surface area contributed by atoms with E-state index in [1.807, 2.05) is 42.5 Å². The Balaban J connectivity index is 1.65. The maximum Gasteiger partial charge on any atom is 0.127 e. The number of nitrogen functional groups attached to an aromatic ring is 1. The molecule has 1 aliphatic rings. The molecule has 162 valence electrons. The van der Waals surface area contributed by atoms with Gasteiger partial charge >= 0.3 is 0 Å². The highest BCUT2D eigenvalue weighted by atomic mass is 16.5. The molecule has 0 aromatic heterocycles. The van der Waals surface area contributed by atoms with Crippen LogP contribution in [-0.4, -0.2) is 12.2 Å². The molecule has 0 saturated carbocycles. The summed E-state index contributed by atoms with van der Waals surface area (Å²) in [6, 6.07) is 17.8. The van der Waals surface area contributed by atoms with Gasteiger partial charge in [-0.3, -0.25) is 0 Å². The van der Waals surface area contributed by atoms with Crippen LogP contribution in [0.4, 0.5) is 5.69 Å². The summed E-state index contributed by atoms with van der Waals surface area (Å²) in [6.45, 7) is 11.7. The molecule has 1 heterocycles. The van der Waals surface area contributed by atoms with Gasteiger partial charge in [0.15, 0.2) is 0 Å². The van der Waals surface area contributed by atoms with Crippen LogP contribution in [0, 0.1) is 20.8 Å². The zero-order valence-electron chi connectivity index (χ0n) is 19.0. The first-order chi connectivity index (χ1) is 14.8. The van der Waals surface area contributed by atoms with Crippen LogP contribution >= 0.6 is 0 Å². The monoisotopic (exact) mass is 417 g/mol. The third-order valence-corrected chi connectivity index (χ3v) is 6.31. The highest BCUT2D eigenvalue weighted by Crippen LogP contribution is 2.51. The number of anilines is 1. The summed E-state index contributed by atoms with van der Waals surface area (Å²) in [5.74, 6) is 2.80. The molecule has 1 aliphatic heterocycles. The minimum atomic E-state index is -0.379. The normalized spacial score (nSPS) is 16.5. The molecular weight excluding hydrogens is 386 g/mol. The van der Waals surface area contributed by atoms with E-state index < -0.39 is 0 Å². The Kier molecular flexibility index (Phi) is 5.57. The SMILES string of the molecule is Cc1c(C)c2c(c(C)c1OCc1ccccc1)C(COc1ccc(N)cc1)C(C)(C)O2. The standard InChI is InChI=1S/C27H31NO3/c1-17-18(2)26-24(19(3)25(17)30-15-20-9-7-6-8-10-20)23(27(4,5)31-26)16-29-22-13-11-21(28)12-14-22/h6-14,23H,15-16,28H2,1-5H3. The highest BCUT2D eigenvalue weighted by molar-refractivity contribution is 5.62. The second kappa shape index (κ2) is 8.18. The molecule has 4 heteroatoms. The van der Waals surface area contributed by atoms with Crippen LogP contribution in [0.5, 0.6) is 17.2 Å². The first kappa shape index (κ1) is 21.1. The fourth-order valence-corrected chi connectivity index (χ4v) is 4.32. The lowest BCUT2D eigenvalue weighted by Gasteiger charge is -2.27. The summed E-state index contributed by atoms with van der Waals surface area (Å²) in [4.78, 5) is 0. The van der Waals surface area contributed by atoms with E-state index in [1.54, 1.807) is 0 Å². The minimum absolute atomic E-state index is 0.0819. The van der Waals surface area contributed by atoms with Gasteiger partial charge in [0.25, 0.3) is 0 Å². The van der Waals surface area contributed by atoms with Crippen molar-refractivity contribution in [3.05, 3.63) is 82.4 Å². The van der Waals surface area contributed by atoms with Gasteiger partial charge in [0.1, 0.15) is 29.5 Å². The van der Waals surface area contributed by atoms with E-state index in [0.29, 0.717) is 13.2 Å². The van der Waals surface area contributed by atoms with Crippen LogP contribution in [-0.2, 0) is 6.61 Å². The molecule has 0 bridgehead atoms. The number of hydrogen-bond acceptors (Lipinski definition) is 4. The fraction of sp³-hybridized carbons (Fsp3) is 0.333. The van der Waals surface area contributed by atoms with Gasteiger partial charge in [-0.2, -0.15) is 0 Å². The molecule has 0 spiro atoms. The van der Waals surface area contributed by atoms with Crippen LogP contribution in [0.1, 0.15) is 47.6 Å². The Morgan fingerprint density at radius 3 is 2.23 bits per heavy atom. The third-order valence-electron chi connectivity index (χ3n) is 6.31. The predicted octanol–water partition coefficient (Wildman–Crippen LogP) is 6.11. The Morgan fingerprint density at radius 2 is 1.55 bits per heavy atom. The molecule has 3 aromatic carbocycles. The lowest BCUT2D eigenvalue weighted by Crippen LogP contribution is -2.34. The lowest BCUT2D eigenvalue weighted by molar-refractivity contribution is 0.0862. The summed E-state index contributed by atoms with van der Waals surface area (Å²) in [7, 11) is 0. The number of rotatable bonds is 6. The summed E-state index contributed by atoms with van der Waals surface area (Å²) in [5.41, 5.74) is 11.9. The third kappa shape index (κ3) is 4.07. The molecule has 0 fully saturated rings. The second-order valence-electron chi connectivity index (χ2n) is 8.86. The number of fused-ring (bicyclic) bond motifs is 1. The van der Waals surface area contributed by atoms with Crippen molar-refractivity contribution >= 4 is 5.69 Å². The highest BCUT2D eigenvalue weighted by Gasteiger charge is 2.44. The van der Waals surface area contributed by atoms with Crippen molar-refractivity contribution in [2.24, 2.45) is 0 Å². The van der Waals surface area contributed by atoms with Gasteiger partial charge in [0.05, 0.1) is 12.5 Å². The van der Waals surface area contributed by atoms with Crippen molar-refractivity contribution in [2.45, 2.75) is 52.7 Å². The van der Waals surface area contributed by atoms with Gasteiger partial charge in [-0.05, 0) is 81.1 Å². The van der Waals surface area contributed by atoms with Crippen molar-refractivity contribution in [3.63, 3.8) is 0 Å². The quantitative estimate of drug-likeness (QED) is 0.492. The topological polar surface area (TPSA) is 53.7 Å². The number of benzene rings is 3. The van der Waals surface area contributed by atoms with E-state index in [2.05, 4.69) is 46.8 Å². The van der Waals surface area contributed by atoms with Crippen molar-refractivity contribution in [1.29, 1.82) is 0 Å².